The van der Waals surface area contributed by atoms with Crippen LogP contribution in [0.2, 0.25) is 0 Å². The monoisotopic (exact) mass is 279 g/mol. The van der Waals surface area contributed by atoms with E-state index in [0.717, 1.165) is 19.4 Å². The minimum atomic E-state index is -3.89. The molecule has 3 N–H and O–H groups in total. The third kappa shape index (κ3) is 5.96. The molecule has 0 aromatic carbocycles. The molecule has 0 spiro atoms. The van der Waals surface area contributed by atoms with E-state index in [0.29, 0.717) is 25.4 Å². The van der Waals surface area contributed by atoms with Gasteiger partial charge in [-0.15, -0.1) is 0 Å². The van der Waals surface area contributed by atoms with Crippen LogP contribution in [0.5, 0.6) is 0 Å². The van der Waals surface area contributed by atoms with Crippen molar-refractivity contribution in [3.63, 3.8) is 0 Å². The van der Waals surface area contributed by atoms with Gasteiger partial charge in [0, 0.05) is 6.16 Å². The summed E-state index contributed by atoms with van der Waals surface area (Å²) >= 11 is 0. The molecule has 6 nitrogen and oxygen atoms in total. The van der Waals surface area contributed by atoms with Crippen LogP contribution in [0.25, 0.3) is 0 Å². The molecule has 0 amide bonds. The van der Waals surface area contributed by atoms with Crippen LogP contribution in [-0.4, -0.2) is 41.1 Å². The molecular weight excluding hydrogens is 257 g/mol. The van der Waals surface area contributed by atoms with Crippen LogP contribution >= 0.6 is 7.60 Å². The smallest absolute Gasteiger partial charge is 0.325 e. The van der Waals surface area contributed by atoms with E-state index in [4.69, 9.17) is 14.5 Å². The van der Waals surface area contributed by atoms with Gasteiger partial charge < -0.3 is 19.8 Å². The number of rotatable bonds is 6. The lowest BCUT2D eigenvalue weighted by Gasteiger charge is -2.28. The first-order valence-corrected chi connectivity index (χ1v) is 8.16. The van der Waals surface area contributed by atoms with E-state index in [2.05, 4.69) is 5.32 Å². The van der Waals surface area contributed by atoms with Crippen LogP contribution in [0.3, 0.4) is 0 Å². The predicted molar refractivity (Wildman–Crippen MR) is 67.3 cm³/mol. The lowest BCUT2D eigenvalue weighted by atomic mass is 9.89. The molecule has 1 aliphatic heterocycles. The van der Waals surface area contributed by atoms with Crippen molar-refractivity contribution in [3.8, 4) is 0 Å². The molecule has 18 heavy (non-hydrogen) atoms. The minimum absolute atomic E-state index is 0.0685. The number of piperidine rings is 1. The molecule has 0 radical (unpaired) electrons. The minimum Gasteiger partial charge on any atom is -0.465 e. The Balaban J connectivity index is 2.30. The highest BCUT2D eigenvalue weighted by Crippen LogP contribution is 2.36. The average molecular weight is 279 g/mol. The summed E-state index contributed by atoms with van der Waals surface area (Å²) in [6, 6.07) is -0.265. The Morgan fingerprint density at radius 1 is 1.50 bits per heavy atom. The maximum Gasteiger partial charge on any atom is 0.325 e. The second-order valence-corrected chi connectivity index (χ2v) is 6.46. The van der Waals surface area contributed by atoms with Crippen molar-refractivity contribution in [2.75, 3.05) is 19.3 Å². The quantitative estimate of drug-likeness (QED) is 0.493. The van der Waals surface area contributed by atoms with Gasteiger partial charge in [-0.25, -0.2) is 0 Å². The van der Waals surface area contributed by atoms with Crippen LogP contribution in [0.1, 0.15) is 32.6 Å². The molecule has 1 saturated heterocycles. The molecule has 0 unspecified atom stereocenters. The summed E-state index contributed by atoms with van der Waals surface area (Å²) in [7, 11) is -3.89. The molecule has 0 aliphatic carbocycles. The molecule has 0 bridgehead atoms. The molecule has 1 rings (SSSR count). The van der Waals surface area contributed by atoms with Crippen molar-refractivity contribution < 1.29 is 23.9 Å². The Morgan fingerprint density at radius 3 is 2.83 bits per heavy atom. The summed E-state index contributed by atoms with van der Waals surface area (Å²) in [6.07, 6.45) is 2.82. The molecule has 1 heterocycles. The summed E-state index contributed by atoms with van der Waals surface area (Å²) in [4.78, 5) is 29.1. The normalized spacial score (nSPS) is 24.8. The highest BCUT2D eigenvalue weighted by Gasteiger charge is 2.27. The summed E-state index contributed by atoms with van der Waals surface area (Å²) in [6.45, 7) is 2.90. The Bertz CT molecular complexity index is 317. The van der Waals surface area contributed by atoms with Crippen molar-refractivity contribution in [3.05, 3.63) is 0 Å². The summed E-state index contributed by atoms with van der Waals surface area (Å²) in [5.41, 5.74) is 0. The number of carbonyl (C=O) groups excluding carboxylic acids is 1. The van der Waals surface area contributed by atoms with E-state index in [1.54, 1.807) is 6.92 Å². The topological polar surface area (TPSA) is 95.9 Å². The Labute approximate surface area is 107 Å². The third-order valence-electron chi connectivity index (χ3n) is 3.15. The van der Waals surface area contributed by atoms with Gasteiger partial charge in [-0.1, -0.05) is 0 Å². The van der Waals surface area contributed by atoms with Crippen molar-refractivity contribution in [2.24, 2.45) is 5.92 Å². The number of esters is 1. The van der Waals surface area contributed by atoms with E-state index in [-0.39, 0.29) is 18.2 Å². The van der Waals surface area contributed by atoms with Crippen molar-refractivity contribution in [2.45, 2.75) is 38.6 Å². The fourth-order valence-electron chi connectivity index (χ4n) is 2.27. The molecule has 1 aliphatic rings. The Morgan fingerprint density at radius 2 is 2.22 bits per heavy atom. The molecule has 2 atom stereocenters. The zero-order chi connectivity index (χ0) is 13.6. The maximum absolute atomic E-state index is 11.6. The zero-order valence-electron chi connectivity index (χ0n) is 10.7. The molecule has 106 valence electrons. The first kappa shape index (κ1) is 15.6. The van der Waals surface area contributed by atoms with Gasteiger partial charge in [-0.05, 0) is 45.1 Å². The molecular formula is C11H22NO5P. The van der Waals surface area contributed by atoms with E-state index in [1.807, 2.05) is 0 Å². The lowest BCUT2D eigenvalue weighted by molar-refractivity contribution is -0.146. The molecule has 7 heteroatoms. The molecule has 0 aromatic rings. The standard InChI is InChI=1S/C11H22NO5P/c1-2-17-11(13)10-8-9(5-6-12-10)4-3-7-18(14,15)16/h9-10,12H,2-8H2,1H3,(H2,14,15,16)/t9-,10+/m0/s1. The molecule has 1 fully saturated rings. The number of ether oxygens (including phenoxy) is 1. The number of hydrogen-bond acceptors (Lipinski definition) is 4. The van der Waals surface area contributed by atoms with Gasteiger partial charge in [0.2, 0.25) is 0 Å². The third-order valence-corrected chi connectivity index (χ3v) is 4.04. The van der Waals surface area contributed by atoms with Crippen LogP contribution in [-0.2, 0) is 14.1 Å². The second kappa shape index (κ2) is 7.24. The van der Waals surface area contributed by atoms with Crippen LogP contribution in [0, 0.1) is 5.92 Å². The van der Waals surface area contributed by atoms with Crippen LogP contribution < -0.4 is 5.32 Å². The highest BCUT2D eigenvalue weighted by atomic mass is 31.2. The van der Waals surface area contributed by atoms with E-state index in [1.165, 1.54) is 0 Å². The SMILES string of the molecule is CCOC(=O)[C@H]1C[C@@H](CCCP(=O)(O)O)CCN1. The zero-order valence-corrected chi connectivity index (χ0v) is 11.6. The largest absolute Gasteiger partial charge is 0.465 e. The van der Waals surface area contributed by atoms with Gasteiger partial charge in [-0.3, -0.25) is 9.36 Å². The van der Waals surface area contributed by atoms with Gasteiger partial charge in [-0.2, -0.15) is 0 Å². The molecule has 0 saturated carbocycles. The average Bonchev–Trinajstić information content (AvgIpc) is 2.28. The van der Waals surface area contributed by atoms with Crippen molar-refractivity contribution in [1.82, 2.24) is 5.32 Å². The van der Waals surface area contributed by atoms with Crippen LogP contribution in [0.4, 0.5) is 0 Å². The van der Waals surface area contributed by atoms with Gasteiger partial charge in [0.25, 0.3) is 0 Å². The summed E-state index contributed by atoms with van der Waals surface area (Å²) in [5.74, 6) is 0.115. The lowest BCUT2D eigenvalue weighted by Crippen LogP contribution is -2.44. The molecule has 0 aromatic heterocycles. The number of nitrogens with one attached hydrogen (secondary N) is 1. The van der Waals surface area contributed by atoms with Gasteiger partial charge in [0.1, 0.15) is 6.04 Å². The Kier molecular flexibility index (Phi) is 6.29. The van der Waals surface area contributed by atoms with E-state index in [9.17, 15) is 9.36 Å². The number of carbonyl (C=O) groups is 1. The van der Waals surface area contributed by atoms with Gasteiger partial charge in [0.05, 0.1) is 6.61 Å². The Hall–Kier alpha value is -0.420. The van der Waals surface area contributed by atoms with Gasteiger partial charge in [0.15, 0.2) is 0 Å². The first-order valence-electron chi connectivity index (χ1n) is 6.37. The first-order chi connectivity index (χ1) is 8.42. The van der Waals surface area contributed by atoms with Gasteiger partial charge >= 0.3 is 13.6 Å². The number of hydrogen-bond donors (Lipinski definition) is 3. The maximum atomic E-state index is 11.6. The van der Waals surface area contributed by atoms with Crippen molar-refractivity contribution in [1.29, 1.82) is 0 Å². The summed E-state index contributed by atoms with van der Waals surface area (Å²) in [5, 5.41) is 3.11. The highest BCUT2D eigenvalue weighted by molar-refractivity contribution is 7.51. The summed E-state index contributed by atoms with van der Waals surface area (Å²) < 4.78 is 15.7. The van der Waals surface area contributed by atoms with Crippen LogP contribution in [0.15, 0.2) is 0 Å². The van der Waals surface area contributed by atoms with Crippen molar-refractivity contribution >= 4 is 13.6 Å². The fourth-order valence-corrected chi connectivity index (χ4v) is 2.86. The van der Waals surface area contributed by atoms with E-state index < -0.39 is 7.60 Å². The van der Waals surface area contributed by atoms with E-state index >= 15 is 0 Å². The predicted octanol–water partition coefficient (Wildman–Crippen LogP) is 0.876. The second-order valence-electron chi connectivity index (χ2n) is 4.68. The fraction of sp³-hybridized carbons (Fsp3) is 0.909.